The van der Waals surface area contributed by atoms with E-state index in [2.05, 4.69) is 27.8 Å². The molecule has 3 rings (SSSR count). The van der Waals surface area contributed by atoms with Crippen LogP contribution in [0.1, 0.15) is 23.6 Å². The summed E-state index contributed by atoms with van der Waals surface area (Å²) in [6.07, 6.45) is 3.73. The van der Waals surface area contributed by atoms with E-state index >= 15 is 0 Å². The molecule has 5 nitrogen and oxygen atoms in total. The fourth-order valence-corrected chi connectivity index (χ4v) is 3.55. The van der Waals surface area contributed by atoms with Gasteiger partial charge in [-0.3, -0.25) is 4.79 Å². The Kier molecular flexibility index (Phi) is 9.22. The van der Waals surface area contributed by atoms with E-state index in [1.807, 2.05) is 43.3 Å². The third-order valence-corrected chi connectivity index (χ3v) is 5.42. The number of hydrogen-bond acceptors (Lipinski definition) is 4. The molecule has 0 heterocycles. The molecule has 1 amide bonds. The number of halogens is 2. The molecule has 0 spiro atoms. The Bertz CT molecular complexity index is 1260. The Morgan fingerprint density at radius 3 is 2.49 bits per heavy atom. The molecule has 178 valence electrons. The maximum atomic E-state index is 13.1. The maximum absolute atomic E-state index is 13.1. The number of hydrogen-bond donors (Lipinski definition) is 1. The lowest BCUT2D eigenvalue weighted by atomic mass is 10.0. The molecule has 0 saturated carbocycles. The van der Waals surface area contributed by atoms with Crippen LogP contribution in [0.3, 0.4) is 0 Å². The highest BCUT2D eigenvalue weighted by Gasteiger charge is 2.15. The van der Waals surface area contributed by atoms with Crippen LogP contribution in [0.25, 0.3) is 6.08 Å². The summed E-state index contributed by atoms with van der Waals surface area (Å²) in [5, 5.41) is 12.2. The highest BCUT2D eigenvalue weighted by Crippen LogP contribution is 2.35. The van der Waals surface area contributed by atoms with Gasteiger partial charge in [-0.15, -0.1) is 6.58 Å². The van der Waals surface area contributed by atoms with Crippen molar-refractivity contribution in [2.24, 2.45) is 0 Å². The third kappa shape index (κ3) is 7.29. The van der Waals surface area contributed by atoms with E-state index in [0.29, 0.717) is 42.4 Å². The van der Waals surface area contributed by atoms with Crippen LogP contribution < -0.4 is 14.8 Å². The van der Waals surface area contributed by atoms with Gasteiger partial charge in [0, 0.05) is 15.7 Å². The third-order valence-electron chi connectivity index (χ3n) is 4.89. The topological polar surface area (TPSA) is 71.4 Å². The van der Waals surface area contributed by atoms with Crippen molar-refractivity contribution in [1.29, 1.82) is 5.26 Å². The number of amides is 1. The van der Waals surface area contributed by atoms with Crippen molar-refractivity contribution >= 4 is 33.6 Å². The zero-order valence-electron chi connectivity index (χ0n) is 19.2. The molecule has 3 aromatic carbocycles. The van der Waals surface area contributed by atoms with Crippen molar-refractivity contribution in [2.75, 3.05) is 11.9 Å². The normalized spacial score (nSPS) is 10.9. The Hall–Kier alpha value is -3.89. The molecule has 1 N–H and O–H groups in total. The summed E-state index contributed by atoms with van der Waals surface area (Å²) in [6.45, 7) is 6.45. The molecule has 7 heteroatoms. The first kappa shape index (κ1) is 25.7. The summed E-state index contributed by atoms with van der Waals surface area (Å²) >= 11 is 3.43. The van der Waals surface area contributed by atoms with Crippen LogP contribution in [0.4, 0.5) is 10.1 Å². The van der Waals surface area contributed by atoms with Gasteiger partial charge in [-0.25, -0.2) is 4.39 Å². The van der Waals surface area contributed by atoms with Gasteiger partial charge in [0.05, 0.1) is 6.61 Å². The van der Waals surface area contributed by atoms with Gasteiger partial charge in [-0.1, -0.05) is 34.1 Å². The van der Waals surface area contributed by atoms with Crippen LogP contribution in [0.5, 0.6) is 11.5 Å². The minimum Gasteiger partial charge on any atom is -0.490 e. The standard InChI is InChI=1S/C28H24BrFN2O3/c1-3-5-21-14-20(15-22(17-31)28(33)32-25-12-10-24(30)11-13-25)16-26(34-4-2)27(21)35-18-19-6-8-23(29)9-7-19/h3,6-16H,1,4-5,18H2,2H3,(H,32,33)/b22-15+. The van der Waals surface area contributed by atoms with Gasteiger partial charge in [-0.2, -0.15) is 5.26 Å². The fourth-order valence-electron chi connectivity index (χ4n) is 3.28. The number of nitrogens with zero attached hydrogens (tertiary/aromatic N) is 1. The van der Waals surface area contributed by atoms with E-state index in [4.69, 9.17) is 9.47 Å². The quantitative estimate of drug-likeness (QED) is 0.175. The number of benzene rings is 3. The first-order chi connectivity index (χ1) is 16.9. The van der Waals surface area contributed by atoms with Crippen molar-refractivity contribution in [3.63, 3.8) is 0 Å². The SMILES string of the molecule is C=CCc1cc(/C=C(\C#N)C(=O)Nc2ccc(F)cc2)cc(OCC)c1OCc1ccc(Br)cc1. The number of carbonyl (C=O) groups is 1. The van der Waals surface area contributed by atoms with E-state index in [1.165, 1.54) is 30.3 Å². The van der Waals surface area contributed by atoms with Gasteiger partial charge in [0.15, 0.2) is 11.5 Å². The number of anilines is 1. The van der Waals surface area contributed by atoms with Gasteiger partial charge in [0.2, 0.25) is 0 Å². The number of nitriles is 1. The lowest BCUT2D eigenvalue weighted by Gasteiger charge is -2.17. The van der Waals surface area contributed by atoms with E-state index in [9.17, 15) is 14.4 Å². The molecular formula is C28H24BrFN2O3. The van der Waals surface area contributed by atoms with Crippen LogP contribution >= 0.6 is 15.9 Å². The van der Waals surface area contributed by atoms with Crippen molar-refractivity contribution < 1.29 is 18.7 Å². The predicted octanol–water partition coefficient (Wildman–Crippen LogP) is 6.84. The largest absolute Gasteiger partial charge is 0.490 e. The minimum absolute atomic E-state index is 0.107. The smallest absolute Gasteiger partial charge is 0.266 e. The lowest BCUT2D eigenvalue weighted by molar-refractivity contribution is -0.112. The summed E-state index contributed by atoms with van der Waals surface area (Å²) in [6, 6.07) is 18.6. The maximum Gasteiger partial charge on any atom is 0.266 e. The zero-order valence-corrected chi connectivity index (χ0v) is 20.8. The second-order valence-electron chi connectivity index (χ2n) is 7.48. The molecule has 0 aliphatic rings. The zero-order chi connectivity index (χ0) is 25.2. The van der Waals surface area contributed by atoms with Crippen molar-refractivity contribution in [2.45, 2.75) is 20.0 Å². The van der Waals surface area contributed by atoms with E-state index in [1.54, 1.807) is 12.1 Å². The monoisotopic (exact) mass is 534 g/mol. The van der Waals surface area contributed by atoms with Gasteiger partial charge in [-0.05, 0) is 79.1 Å². The van der Waals surface area contributed by atoms with Gasteiger partial charge in [0.25, 0.3) is 5.91 Å². The molecule has 0 aliphatic carbocycles. The number of ether oxygens (including phenoxy) is 2. The molecule has 0 fully saturated rings. The van der Waals surface area contributed by atoms with Crippen molar-refractivity contribution in [3.8, 4) is 17.6 Å². The van der Waals surface area contributed by atoms with Crippen molar-refractivity contribution in [3.05, 3.63) is 106 Å². The molecule has 0 unspecified atom stereocenters. The fraction of sp³-hybridized carbons (Fsp3) is 0.143. The van der Waals surface area contributed by atoms with E-state index in [-0.39, 0.29) is 5.57 Å². The highest BCUT2D eigenvalue weighted by atomic mass is 79.9. The first-order valence-electron chi connectivity index (χ1n) is 10.9. The Balaban J connectivity index is 1.91. The number of allylic oxidation sites excluding steroid dienone is 1. The van der Waals surface area contributed by atoms with Crippen LogP contribution in [0.2, 0.25) is 0 Å². The average Bonchev–Trinajstić information content (AvgIpc) is 2.85. The second-order valence-corrected chi connectivity index (χ2v) is 8.39. The highest BCUT2D eigenvalue weighted by molar-refractivity contribution is 9.10. The van der Waals surface area contributed by atoms with Crippen LogP contribution in [0, 0.1) is 17.1 Å². The Labute approximate surface area is 212 Å². The number of carbonyl (C=O) groups excluding carboxylic acids is 1. The van der Waals surface area contributed by atoms with Crippen LogP contribution in [0.15, 0.2) is 83.4 Å². The summed E-state index contributed by atoms with van der Waals surface area (Å²) < 4.78 is 26.1. The van der Waals surface area contributed by atoms with Crippen LogP contribution in [-0.4, -0.2) is 12.5 Å². The number of rotatable bonds is 10. The summed E-state index contributed by atoms with van der Waals surface area (Å²) in [5.41, 5.74) is 2.69. The molecule has 0 saturated heterocycles. The van der Waals surface area contributed by atoms with Crippen molar-refractivity contribution in [1.82, 2.24) is 0 Å². The van der Waals surface area contributed by atoms with E-state index < -0.39 is 11.7 Å². The van der Waals surface area contributed by atoms with Gasteiger partial charge in [0.1, 0.15) is 24.1 Å². The molecule has 0 radical (unpaired) electrons. The van der Waals surface area contributed by atoms with E-state index in [0.717, 1.165) is 15.6 Å². The van der Waals surface area contributed by atoms with Gasteiger partial charge < -0.3 is 14.8 Å². The first-order valence-corrected chi connectivity index (χ1v) is 11.7. The average molecular weight is 535 g/mol. The Morgan fingerprint density at radius 1 is 1.14 bits per heavy atom. The molecule has 3 aromatic rings. The molecule has 0 bridgehead atoms. The molecule has 35 heavy (non-hydrogen) atoms. The molecule has 0 aromatic heterocycles. The second kappa shape index (κ2) is 12.5. The molecule has 0 aliphatic heterocycles. The molecule has 0 atom stereocenters. The van der Waals surface area contributed by atoms with Crippen LogP contribution in [-0.2, 0) is 17.8 Å². The predicted molar refractivity (Wildman–Crippen MR) is 139 cm³/mol. The van der Waals surface area contributed by atoms with Gasteiger partial charge >= 0.3 is 0 Å². The summed E-state index contributed by atoms with van der Waals surface area (Å²) in [7, 11) is 0. The lowest BCUT2D eigenvalue weighted by Crippen LogP contribution is -2.13. The summed E-state index contributed by atoms with van der Waals surface area (Å²) in [4.78, 5) is 12.6. The minimum atomic E-state index is -0.599. The summed E-state index contributed by atoms with van der Waals surface area (Å²) in [5.74, 6) is 0.0742. The molecular weight excluding hydrogens is 511 g/mol. The number of nitrogens with one attached hydrogen (secondary N) is 1. The Morgan fingerprint density at radius 2 is 1.86 bits per heavy atom.